The van der Waals surface area contributed by atoms with Gasteiger partial charge in [-0.2, -0.15) is 5.26 Å². The molecule has 0 amide bonds. The molecule has 4 fully saturated rings. The Hall–Kier alpha value is -6.18. The number of hydrogen-bond donors (Lipinski definition) is 0. The Morgan fingerprint density at radius 3 is 1.65 bits per heavy atom. The van der Waals surface area contributed by atoms with E-state index in [1.807, 2.05) is 54.6 Å². The molecular formula is C50H38N4. The highest BCUT2D eigenvalue weighted by Crippen LogP contribution is 2.69. The molecule has 54 heavy (non-hydrogen) atoms. The van der Waals surface area contributed by atoms with Crippen molar-refractivity contribution in [2.75, 3.05) is 0 Å². The molecule has 5 aliphatic rings. The molecule has 4 bridgehead atoms. The molecule has 12 rings (SSSR count). The number of aromatic nitrogens is 3. The first-order chi connectivity index (χ1) is 26.7. The maximum Gasteiger partial charge on any atom is 0.164 e. The average molecular weight is 695 g/mol. The van der Waals surface area contributed by atoms with Crippen LogP contribution in [0.4, 0.5) is 0 Å². The third-order valence-electron chi connectivity index (χ3n) is 13.2. The monoisotopic (exact) mass is 694 g/mol. The van der Waals surface area contributed by atoms with Gasteiger partial charge in [0.2, 0.25) is 0 Å². The van der Waals surface area contributed by atoms with Gasteiger partial charge in [-0.1, -0.05) is 121 Å². The molecule has 7 aromatic rings. The Balaban J connectivity index is 1.05. The summed E-state index contributed by atoms with van der Waals surface area (Å²) in [5, 5.41) is 9.97. The Morgan fingerprint density at radius 1 is 0.426 bits per heavy atom. The molecule has 1 heterocycles. The van der Waals surface area contributed by atoms with Crippen molar-refractivity contribution in [2.24, 2.45) is 23.7 Å². The van der Waals surface area contributed by atoms with E-state index in [1.165, 1.54) is 59.9 Å². The smallest absolute Gasteiger partial charge is 0.164 e. The van der Waals surface area contributed by atoms with E-state index in [4.69, 9.17) is 15.0 Å². The van der Waals surface area contributed by atoms with E-state index in [-0.39, 0.29) is 5.41 Å². The normalized spacial score (nSPS) is 22.9. The lowest BCUT2D eigenvalue weighted by molar-refractivity contribution is -0.0399. The van der Waals surface area contributed by atoms with Crippen LogP contribution in [0.25, 0.3) is 67.5 Å². The highest BCUT2D eigenvalue weighted by atomic mass is 15.0. The van der Waals surface area contributed by atoms with Crippen molar-refractivity contribution in [2.45, 2.75) is 37.5 Å². The lowest BCUT2D eigenvalue weighted by Gasteiger charge is -2.61. The molecule has 0 aliphatic heterocycles. The molecule has 258 valence electrons. The van der Waals surface area contributed by atoms with Crippen LogP contribution in [-0.2, 0) is 5.41 Å². The molecule has 0 N–H and O–H groups in total. The fourth-order valence-corrected chi connectivity index (χ4v) is 11.2. The Kier molecular flexibility index (Phi) is 7.07. The molecule has 4 saturated carbocycles. The van der Waals surface area contributed by atoms with Gasteiger partial charge in [-0.05, 0) is 125 Å². The minimum Gasteiger partial charge on any atom is -0.208 e. The maximum absolute atomic E-state index is 9.97. The summed E-state index contributed by atoms with van der Waals surface area (Å²) in [6.07, 6.45) is 6.75. The SMILES string of the molecule is N#Cc1ccccc1-c1ccc2c(c1)-c1ccc(-c3cccc(-c4nc(-c5ccccc5)nc(-c5ccccc5)n4)c3)cc1C21C2CC3CC(C2)CC1C3. The third kappa shape index (κ3) is 4.78. The van der Waals surface area contributed by atoms with Gasteiger partial charge in [0.05, 0.1) is 11.6 Å². The Bertz CT molecular complexity index is 2550. The van der Waals surface area contributed by atoms with Gasteiger partial charge in [-0.25, -0.2) is 15.0 Å². The van der Waals surface area contributed by atoms with Crippen LogP contribution in [0.3, 0.4) is 0 Å². The molecular weight excluding hydrogens is 657 g/mol. The van der Waals surface area contributed by atoms with Gasteiger partial charge in [0.25, 0.3) is 0 Å². The second-order valence-electron chi connectivity index (χ2n) is 16.0. The molecule has 1 aromatic heterocycles. The summed E-state index contributed by atoms with van der Waals surface area (Å²) in [5.74, 6) is 5.06. The number of nitriles is 1. The van der Waals surface area contributed by atoms with Crippen LogP contribution < -0.4 is 0 Å². The summed E-state index contributed by atoms with van der Waals surface area (Å²) in [4.78, 5) is 15.0. The predicted octanol–water partition coefficient (Wildman–Crippen LogP) is 11.8. The minimum atomic E-state index is 0.0301. The van der Waals surface area contributed by atoms with E-state index in [2.05, 4.69) is 97.1 Å². The first-order valence-electron chi connectivity index (χ1n) is 19.4. The quantitative estimate of drug-likeness (QED) is 0.180. The van der Waals surface area contributed by atoms with Crippen molar-refractivity contribution in [3.63, 3.8) is 0 Å². The first kappa shape index (κ1) is 31.4. The zero-order chi connectivity index (χ0) is 35.8. The van der Waals surface area contributed by atoms with Crippen molar-refractivity contribution >= 4 is 0 Å². The lowest BCUT2D eigenvalue weighted by Crippen LogP contribution is -2.55. The minimum absolute atomic E-state index is 0.0301. The molecule has 4 nitrogen and oxygen atoms in total. The van der Waals surface area contributed by atoms with E-state index in [0.29, 0.717) is 29.3 Å². The second kappa shape index (κ2) is 12.2. The summed E-state index contributed by atoms with van der Waals surface area (Å²) < 4.78 is 0. The standard InChI is InChI=1S/C50H38N4/c51-30-39-14-7-8-17-42(39)37-19-21-45-44(28-37)43-20-18-36(29-46(43)50(45)40-23-31-22-32(25-40)26-41(50)24-31)35-15-9-16-38(27-35)49-53-47(33-10-3-1-4-11-33)52-48(54-49)34-12-5-2-6-13-34/h1-21,27-29,31-32,40-41H,22-26H2. The first-order valence-corrected chi connectivity index (χ1v) is 19.4. The van der Waals surface area contributed by atoms with Gasteiger partial charge in [0.15, 0.2) is 17.5 Å². The number of rotatable bonds is 5. The number of fused-ring (bicyclic) bond motifs is 3. The summed E-state index contributed by atoms with van der Waals surface area (Å²) in [5.41, 5.74) is 13.9. The van der Waals surface area contributed by atoms with Gasteiger partial charge in [-0.3, -0.25) is 0 Å². The van der Waals surface area contributed by atoms with Crippen LogP contribution >= 0.6 is 0 Å². The summed E-state index contributed by atoms with van der Waals surface area (Å²) in [6.45, 7) is 0. The van der Waals surface area contributed by atoms with Crippen LogP contribution in [0, 0.1) is 35.0 Å². The van der Waals surface area contributed by atoms with Crippen molar-refractivity contribution < 1.29 is 0 Å². The van der Waals surface area contributed by atoms with Crippen molar-refractivity contribution in [1.29, 1.82) is 5.26 Å². The van der Waals surface area contributed by atoms with Gasteiger partial charge < -0.3 is 0 Å². The summed E-state index contributed by atoms with van der Waals surface area (Å²) >= 11 is 0. The molecule has 0 unspecified atom stereocenters. The number of benzene rings is 6. The van der Waals surface area contributed by atoms with Gasteiger partial charge in [0.1, 0.15) is 0 Å². The summed E-state index contributed by atoms with van der Waals surface area (Å²) in [6, 6.07) is 53.9. The zero-order valence-corrected chi connectivity index (χ0v) is 30.0. The molecule has 1 spiro atoms. The van der Waals surface area contributed by atoms with Crippen LogP contribution in [0.2, 0.25) is 0 Å². The second-order valence-corrected chi connectivity index (χ2v) is 16.0. The zero-order valence-electron chi connectivity index (χ0n) is 30.0. The molecule has 0 radical (unpaired) electrons. The molecule has 0 saturated heterocycles. The maximum atomic E-state index is 9.97. The van der Waals surface area contributed by atoms with Gasteiger partial charge in [-0.15, -0.1) is 0 Å². The molecule has 6 aromatic carbocycles. The van der Waals surface area contributed by atoms with E-state index in [0.717, 1.165) is 50.8 Å². The van der Waals surface area contributed by atoms with Gasteiger partial charge in [0, 0.05) is 22.1 Å². The predicted molar refractivity (Wildman–Crippen MR) is 215 cm³/mol. The topological polar surface area (TPSA) is 62.5 Å². The summed E-state index contributed by atoms with van der Waals surface area (Å²) in [7, 11) is 0. The van der Waals surface area contributed by atoms with Crippen molar-refractivity contribution in [3.05, 3.63) is 162 Å². The van der Waals surface area contributed by atoms with E-state index in [9.17, 15) is 5.26 Å². The molecule has 0 atom stereocenters. The number of nitrogens with zero attached hydrogens (tertiary/aromatic N) is 4. The fourth-order valence-electron chi connectivity index (χ4n) is 11.2. The Labute approximate surface area is 316 Å². The molecule has 5 aliphatic carbocycles. The number of hydrogen-bond acceptors (Lipinski definition) is 4. The van der Waals surface area contributed by atoms with Crippen molar-refractivity contribution in [3.8, 4) is 73.6 Å². The highest BCUT2D eigenvalue weighted by Gasteiger charge is 2.61. The van der Waals surface area contributed by atoms with Crippen LogP contribution in [-0.4, -0.2) is 15.0 Å². The van der Waals surface area contributed by atoms with Crippen LogP contribution in [0.5, 0.6) is 0 Å². The third-order valence-corrected chi connectivity index (χ3v) is 13.2. The van der Waals surface area contributed by atoms with Gasteiger partial charge >= 0.3 is 0 Å². The lowest BCUT2D eigenvalue weighted by atomic mass is 9.43. The van der Waals surface area contributed by atoms with Crippen LogP contribution in [0.15, 0.2) is 146 Å². The van der Waals surface area contributed by atoms with E-state index in [1.54, 1.807) is 0 Å². The Morgan fingerprint density at radius 2 is 0.981 bits per heavy atom. The van der Waals surface area contributed by atoms with Crippen molar-refractivity contribution in [1.82, 2.24) is 15.0 Å². The fraction of sp³-hybridized carbons (Fsp3) is 0.200. The molecule has 4 heteroatoms. The van der Waals surface area contributed by atoms with E-state index >= 15 is 0 Å². The average Bonchev–Trinajstić information content (AvgIpc) is 3.52. The largest absolute Gasteiger partial charge is 0.208 e. The highest BCUT2D eigenvalue weighted by molar-refractivity contribution is 5.88. The van der Waals surface area contributed by atoms with Crippen LogP contribution in [0.1, 0.15) is 48.8 Å². The van der Waals surface area contributed by atoms with E-state index < -0.39 is 0 Å².